The molecule has 1 aromatic rings. The minimum atomic E-state index is -3.05. The van der Waals surface area contributed by atoms with Crippen LogP contribution in [0, 0.1) is 5.41 Å². The summed E-state index contributed by atoms with van der Waals surface area (Å²) in [6.45, 7) is 9.41. The summed E-state index contributed by atoms with van der Waals surface area (Å²) in [5.41, 5.74) is 1.16. The summed E-state index contributed by atoms with van der Waals surface area (Å²) in [5, 5.41) is 0. The molecule has 0 saturated heterocycles. The van der Waals surface area contributed by atoms with Crippen LogP contribution < -0.4 is 0 Å². The zero-order chi connectivity index (χ0) is 16.8. The summed E-state index contributed by atoms with van der Waals surface area (Å²) >= 11 is 3.42. The quantitative estimate of drug-likeness (QED) is 0.616. The first kappa shape index (κ1) is 19.7. The molecule has 0 saturated carbocycles. The first-order valence-electron chi connectivity index (χ1n) is 7.63. The fourth-order valence-corrected chi connectivity index (χ4v) is 4.23. The van der Waals surface area contributed by atoms with Gasteiger partial charge in [0.2, 0.25) is 0 Å². The lowest BCUT2D eigenvalue weighted by Crippen LogP contribution is -2.19. The van der Waals surface area contributed by atoms with Gasteiger partial charge in [-0.25, -0.2) is 8.42 Å². The molecule has 0 heterocycles. The fourth-order valence-electron chi connectivity index (χ4n) is 2.13. The van der Waals surface area contributed by atoms with E-state index in [4.69, 9.17) is 4.74 Å². The summed E-state index contributed by atoms with van der Waals surface area (Å²) in [5.74, 6) is 0.371. The highest BCUT2D eigenvalue weighted by Crippen LogP contribution is 2.21. The van der Waals surface area contributed by atoms with E-state index in [1.54, 1.807) is 0 Å². The van der Waals surface area contributed by atoms with E-state index in [9.17, 15) is 8.42 Å². The zero-order valence-electron chi connectivity index (χ0n) is 13.9. The van der Waals surface area contributed by atoms with Gasteiger partial charge in [0, 0.05) is 11.1 Å². The minimum absolute atomic E-state index is 0.00186. The molecule has 0 bridgehead atoms. The van der Waals surface area contributed by atoms with E-state index >= 15 is 0 Å². The minimum Gasteiger partial charge on any atom is -0.381 e. The van der Waals surface area contributed by atoms with Crippen LogP contribution in [0.5, 0.6) is 0 Å². The molecule has 1 aromatic carbocycles. The Bertz CT molecular complexity index is 562. The van der Waals surface area contributed by atoms with Crippen molar-refractivity contribution >= 4 is 25.8 Å². The van der Waals surface area contributed by atoms with Crippen molar-refractivity contribution in [1.82, 2.24) is 0 Å². The van der Waals surface area contributed by atoms with Crippen molar-refractivity contribution in [2.45, 2.75) is 40.0 Å². The van der Waals surface area contributed by atoms with Crippen LogP contribution >= 0.6 is 15.9 Å². The molecule has 1 rings (SSSR count). The number of rotatable bonds is 8. The summed E-state index contributed by atoms with van der Waals surface area (Å²) in [6.07, 6.45) is 0.559. The predicted molar refractivity (Wildman–Crippen MR) is 96.1 cm³/mol. The van der Waals surface area contributed by atoms with E-state index in [0.717, 1.165) is 10.0 Å². The van der Waals surface area contributed by atoms with E-state index in [2.05, 4.69) is 36.7 Å². The molecular weight excluding hydrogens is 364 g/mol. The van der Waals surface area contributed by atoms with Crippen LogP contribution in [0.3, 0.4) is 0 Å². The molecule has 0 fully saturated rings. The van der Waals surface area contributed by atoms with Crippen LogP contribution in [-0.2, 0) is 14.6 Å². The average molecular weight is 391 g/mol. The molecule has 0 aromatic heterocycles. The number of hydrogen-bond acceptors (Lipinski definition) is 3. The summed E-state index contributed by atoms with van der Waals surface area (Å²) < 4.78 is 30.9. The lowest BCUT2D eigenvalue weighted by molar-refractivity contribution is 0.0720. The second-order valence-electron chi connectivity index (χ2n) is 7.04. The normalized spacial score (nSPS) is 14.0. The molecule has 0 spiro atoms. The van der Waals surface area contributed by atoms with Crippen LogP contribution in [0.4, 0.5) is 0 Å². The van der Waals surface area contributed by atoms with Crippen molar-refractivity contribution in [3.8, 4) is 0 Å². The van der Waals surface area contributed by atoms with Gasteiger partial charge in [-0.1, -0.05) is 55.8 Å². The van der Waals surface area contributed by atoms with E-state index in [1.165, 1.54) is 0 Å². The number of hydrogen-bond donors (Lipinski definition) is 0. The Morgan fingerprint density at radius 1 is 1.27 bits per heavy atom. The number of benzene rings is 1. The third kappa shape index (κ3) is 8.30. The second-order valence-corrected chi connectivity index (χ2v) is 10.2. The third-order valence-electron chi connectivity index (χ3n) is 3.20. The molecule has 0 radical (unpaired) electrons. The highest BCUT2D eigenvalue weighted by Gasteiger charge is 2.17. The molecule has 0 N–H and O–H groups in total. The van der Waals surface area contributed by atoms with E-state index in [1.807, 2.05) is 31.2 Å². The van der Waals surface area contributed by atoms with Gasteiger partial charge in [-0.05, 0) is 35.4 Å². The molecule has 22 heavy (non-hydrogen) atoms. The number of halogens is 1. The Kier molecular flexibility index (Phi) is 7.56. The van der Waals surface area contributed by atoms with Crippen molar-refractivity contribution in [3.05, 3.63) is 34.3 Å². The van der Waals surface area contributed by atoms with E-state index < -0.39 is 9.84 Å². The molecule has 0 unspecified atom stereocenters. The van der Waals surface area contributed by atoms with Gasteiger partial charge in [-0.2, -0.15) is 0 Å². The van der Waals surface area contributed by atoms with Crippen molar-refractivity contribution in [2.75, 3.05) is 24.7 Å². The highest BCUT2D eigenvalue weighted by molar-refractivity contribution is 9.10. The van der Waals surface area contributed by atoms with Crippen LogP contribution in [0.15, 0.2) is 28.7 Å². The lowest BCUT2D eigenvalue weighted by atomic mass is 9.99. The Balaban J connectivity index is 2.40. The Labute approximate surface area is 143 Å². The van der Waals surface area contributed by atoms with Gasteiger partial charge in [0.25, 0.3) is 0 Å². The summed E-state index contributed by atoms with van der Waals surface area (Å²) in [4.78, 5) is 0. The van der Waals surface area contributed by atoms with Crippen molar-refractivity contribution in [1.29, 1.82) is 0 Å². The highest BCUT2D eigenvalue weighted by atomic mass is 79.9. The lowest BCUT2D eigenvalue weighted by Gasteiger charge is -2.18. The van der Waals surface area contributed by atoms with Crippen LogP contribution in [-0.4, -0.2) is 33.1 Å². The first-order chi connectivity index (χ1) is 10.1. The predicted octanol–water partition coefficient (Wildman–Crippen LogP) is 4.42. The van der Waals surface area contributed by atoms with Gasteiger partial charge in [0.05, 0.1) is 18.1 Å². The zero-order valence-corrected chi connectivity index (χ0v) is 16.3. The molecule has 1 atom stereocenters. The topological polar surface area (TPSA) is 43.4 Å². The van der Waals surface area contributed by atoms with Gasteiger partial charge in [-0.15, -0.1) is 0 Å². The summed E-state index contributed by atoms with van der Waals surface area (Å²) in [6, 6.07) is 7.82. The maximum absolute atomic E-state index is 12.2. The standard InChI is InChI=1S/C17H27BrO3S/c1-14(15-7-5-8-16(18)11-15)12-22(19,20)10-6-9-21-13-17(2,3)4/h5,7-8,11,14H,6,9-10,12-13H2,1-4H3/t14-/m0/s1. The van der Waals surface area contributed by atoms with Gasteiger partial charge >= 0.3 is 0 Å². The van der Waals surface area contributed by atoms with Crippen molar-refractivity contribution in [3.63, 3.8) is 0 Å². The monoisotopic (exact) mass is 390 g/mol. The average Bonchev–Trinajstić information content (AvgIpc) is 2.36. The summed E-state index contributed by atoms with van der Waals surface area (Å²) in [7, 11) is -3.05. The van der Waals surface area contributed by atoms with Gasteiger partial charge in [0.15, 0.2) is 9.84 Å². The number of ether oxygens (including phenoxy) is 1. The molecule has 126 valence electrons. The maximum atomic E-state index is 12.2. The van der Waals surface area contributed by atoms with Crippen LogP contribution in [0.25, 0.3) is 0 Å². The Morgan fingerprint density at radius 3 is 2.55 bits per heavy atom. The number of sulfone groups is 1. The fraction of sp³-hybridized carbons (Fsp3) is 0.647. The van der Waals surface area contributed by atoms with Crippen LogP contribution in [0.1, 0.15) is 45.6 Å². The molecule has 0 aliphatic carbocycles. The molecule has 0 amide bonds. The Hall–Kier alpha value is -0.390. The molecule has 3 nitrogen and oxygen atoms in total. The Morgan fingerprint density at radius 2 is 1.95 bits per heavy atom. The third-order valence-corrected chi connectivity index (χ3v) is 5.61. The van der Waals surface area contributed by atoms with Gasteiger partial charge < -0.3 is 4.74 Å². The van der Waals surface area contributed by atoms with Gasteiger partial charge in [-0.3, -0.25) is 0 Å². The van der Waals surface area contributed by atoms with Crippen molar-refractivity contribution in [2.24, 2.45) is 5.41 Å². The van der Waals surface area contributed by atoms with E-state index in [-0.39, 0.29) is 22.8 Å². The SMILES string of the molecule is C[C@@H](CS(=O)(=O)CCCOCC(C)(C)C)c1cccc(Br)c1. The second kappa shape index (κ2) is 8.46. The van der Waals surface area contributed by atoms with Gasteiger partial charge in [0.1, 0.15) is 0 Å². The molecule has 0 aliphatic heterocycles. The largest absolute Gasteiger partial charge is 0.381 e. The maximum Gasteiger partial charge on any atom is 0.150 e. The van der Waals surface area contributed by atoms with Crippen LogP contribution in [0.2, 0.25) is 0 Å². The smallest absolute Gasteiger partial charge is 0.150 e. The molecule has 0 aliphatic rings. The molecule has 5 heteroatoms. The molecular formula is C17H27BrO3S. The van der Waals surface area contributed by atoms with Crippen molar-refractivity contribution < 1.29 is 13.2 Å². The first-order valence-corrected chi connectivity index (χ1v) is 10.2. The van der Waals surface area contributed by atoms with E-state index in [0.29, 0.717) is 19.6 Å².